The third-order valence-electron chi connectivity index (χ3n) is 2.26. The van der Waals surface area contributed by atoms with Gasteiger partial charge < -0.3 is 10.1 Å². The SMILES string of the molecule is CCCNc1cc(Oc2cc(F)cc(Br)c2)ncn1. The molecule has 2 aromatic rings. The average molecular weight is 326 g/mol. The van der Waals surface area contributed by atoms with E-state index in [0.29, 0.717) is 21.9 Å². The van der Waals surface area contributed by atoms with E-state index in [9.17, 15) is 4.39 Å². The Kier molecular flexibility index (Phi) is 4.68. The molecule has 0 atom stereocenters. The lowest BCUT2D eigenvalue weighted by atomic mass is 10.3. The molecule has 0 aliphatic carbocycles. The van der Waals surface area contributed by atoms with Crippen LogP contribution < -0.4 is 10.1 Å². The van der Waals surface area contributed by atoms with Crippen LogP contribution in [-0.2, 0) is 0 Å². The lowest BCUT2D eigenvalue weighted by Gasteiger charge is -2.07. The van der Waals surface area contributed by atoms with Crippen LogP contribution in [0.25, 0.3) is 0 Å². The molecule has 0 fully saturated rings. The Bertz CT molecular complexity index is 545. The quantitative estimate of drug-likeness (QED) is 0.902. The molecule has 4 nitrogen and oxygen atoms in total. The number of nitrogens with zero attached hydrogens (tertiary/aromatic N) is 2. The molecule has 0 saturated carbocycles. The molecule has 2 rings (SSSR count). The number of rotatable bonds is 5. The van der Waals surface area contributed by atoms with Crippen LogP contribution in [0.1, 0.15) is 13.3 Å². The molecule has 6 heteroatoms. The van der Waals surface area contributed by atoms with E-state index >= 15 is 0 Å². The number of halogens is 2. The van der Waals surface area contributed by atoms with E-state index in [2.05, 4.69) is 38.1 Å². The predicted molar refractivity (Wildman–Crippen MR) is 75.0 cm³/mol. The Morgan fingerprint density at radius 3 is 2.84 bits per heavy atom. The second kappa shape index (κ2) is 6.47. The maximum absolute atomic E-state index is 13.2. The van der Waals surface area contributed by atoms with Gasteiger partial charge in [-0.15, -0.1) is 0 Å². The minimum Gasteiger partial charge on any atom is -0.439 e. The van der Waals surface area contributed by atoms with Crippen molar-refractivity contribution in [2.24, 2.45) is 0 Å². The average Bonchev–Trinajstić information content (AvgIpc) is 2.35. The summed E-state index contributed by atoms with van der Waals surface area (Å²) in [6.45, 7) is 2.89. The minimum atomic E-state index is -0.372. The third kappa shape index (κ3) is 4.17. The molecule has 0 aliphatic heterocycles. The normalized spacial score (nSPS) is 10.3. The topological polar surface area (TPSA) is 47.0 Å². The molecule has 1 heterocycles. The van der Waals surface area contributed by atoms with Crippen molar-refractivity contribution in [3.05, 3.63) is 40.9 Å². The second-order valence-corrected chi connectivity index (χ2v) is 4.79. The first-order valence-corrected chi connectivity index (χ1v) is 6.66. The minimum absolute atomic E-state index is 0.367. The molecule has 1 N–H and O–H groups in total. The summed E-state index contributed by atoms with van der Waals surface area (Å²) in [4.78, 5) is 8.06. The van der Waals surface area contributed by atoms with E-state index in [1.807, 2.05) is 0 Å². The second-order valence-electron chi connectivity index (χ2n) is 3.88. The molecule has 19 heavy (non-hydrogen) atoms. The van der Waals surface area contributed by atoms with Gasteiger partial charge in [0.2, 0.25) is 5.88 Å². The maximum atomic E-state index is 13.2. The third-order valence-corrected chi connectivity index (χ3v) is 2.71. The Labute approximate surface area is 119 Å². The van der Waals surface area contributed by atoms with Gasteiger partial charge in [-0.05, 0) is 18.6 Å². The zero-order valence-electron chi connectivity index (χ0n) is 10.4. The van der Waals surface area contributed by atoms with Gasteiger partial charge in [0.1, 0.15) is 23.7 Å². The number of ether oxygens (including phenoxy) is 1. The van der Waals surface area contributed by atoms with Crippen molar-refractivity contribution >= 4 is 21.7 Å². The van der Waals surface area contributed by atoms with Crippen LogP contribution in [0.15, 0.2) is 35.1 Å². The summed E-state index contributed by atoms with van der Waals surface area (Å²) in [5.41, 5.74) is 0. The molecule has 0 unspecified atom stereocenters. The first-order valence-electron chi connectivity index (χ1n) is 5.87. The Hall–Kier alpha value is -1.69. The summed E-state index contributed by atoms with van der Waals surface area (Å²) in [5, 5.41) is 3.13. The lowest BCUT2D eigenvalue weighted by molar-refractivity contribution is 0.456. The molecular formula is C13H13BrFN3O. The number of anilines is 1. The molecule has 0 bridgehead atoms. The Morgan fingerprint density at radius 2 is 2.11 bits per heavy atom. The number of benzene rings is 1. The van der Waals surface area contributed by atoms with E-state index in [1.165, 1.54) is 18.5 Å². The molecule has 0 saturated heterocycles. The molecular weight excluding hydrogens is 313 g/mol. The number of hydrogen-bond acceptors (Lipinski definition) is 4. The van der Waals surface area contributed by atoms with E-state index in [1.54, 1.807) is 12.1 Å². The zero-order chi connectivity index (χ0) is 13.7. The van der Waals surface area contributed by atoms with Crippen molar-refractivity contribution < 1.29 is 9.13 Å². The van der Waals surface area contributed by atoms with Gasteiger partial charge in [0.25, 0.3) is 0 Å². The highest BCUT2D eigenvalue weighted by atomic mass is 79.9. The van der Waals surface area contributed by atoms with Crippen LogP contribution in [0.4, 0.5) is 10.2 Å². The monoisotopic (exact) mass is 325 g/mol. The fraction of sp³-hybridized carbons (Fsp3) is 0.231. The Morgan fingerprint density at radius 1 is 1.26 bits per heavy atom. The van der Waals surface area contributed by atoms with Crippen molar-refractivity contribution in [2.45, 2.75) is 13.3 Å². The highest BCUT2D eigenvalue weighted by Gasteiger charge is 2.04. The summed E-state index contributed by atoms with van der Waals surface area (Å²) in [6, 6.07) is 6.01. The fourth-order valence-electron chi connectivity index (χ4n) is 1.45. The summed E-state index contributed by atoms with van der Waals surface area (Å²) in [6.07, 6.45) is 2.40. The maximum Gasteiger partial charge on any atom is 0.224 e. The first kappa shape index (κ1) is 13.7. The number of hydrogen-bond donors (Lipinski definition) is 1. The van der Waals surface area contributed by atoms with Gasteiger partial charge in [-0.1, -0.05) is 22.9 Å². The van der Waals surface area contributed by atoms with Gasteiger partial charge in [0.05, 0.1) is 0 Å². The summed E-state index contributed by atoms with van der Waals surface area (Å²) >= 11 is 3.21. The first-order chi connectivity index (χ1) is 9.17. The van der Waals surface area contributed by atoms with Crippen LogP contribution in [-0.4, -0.2) is 16.5 Å². The highest BCUT2D eigenvalue weighted by molar-refractivity contribution is 9.10. The molecule has 0 spiro atoms. The summed E-state index contributed by atoms with van der Waals surface area (Å²) < 4.78 is 19.3. The van der Waals surface area contributed by atoms with Gasteiger partial charge in [-0.3, -0.25) is 0 Å². The van der Waals surface area contributed by atoms with Gasteiger partial charge >= 0.3 is 0 Å². The molecule has 0 amide bonds. The van der Waals surface area contributed by atoms with Crippen LogP contribution in [0.3, 0.4) is 0 Å². The van der Waals surface area contributed by atoms with Crippen molar-refractivity contribution in [3.8, 4) is 11.6 Å². The van der Waals surface area contributed by atoms with E-state index < -0.39 is 0 Å². The van der Waals surface area contributed by atoms with Gasteiger partial charge in [-0.25, -0.2) is 14.4 Å². The Balaban J connectivity index is 2.13. The van der Waals surface area contributed by atoms with E-state index in [0.717, 1.165) is 13.0 Å². The fourth-order valence-corrected chi connectivity index (χ4v) is 1.90. The van der Waals surface area contributed by atoms with Crippen LogP contribution in [0.2, 0.25) is 0 Å². The zero-order valence-corrected chi connectivity index (χ0v) is 11.9. The van der Waals surface area contributed by atoms with Gasteiger partial charge in [0.15, 0.2) is 0 Å². The molecule has 1 aromatic carbocycles. The van der Waals surface area contributed by atoms with Crippen molar-refractivity contribution in [1.29, 1.82) is 0 Å². The smallest absolute Gasteiger partial charge is 0.224 e. The van der Waals surface area contributed by atoms with Crippen LogP contribution >= 0.6 is 15.9 Å². The summed E-state index contributed by atoms with van der Waals surface area (Å²) in [7, 11) is 0. The largest absolute Gasteiger partial charge is 0.439 e. The molecule has 1 aromatic heterocycles. The van der Waals surface area contributed by atoms with Crippen molar-refractivity contribution in [3.63, 3.8) is 0 Å². The standard InChI is InChI=1S/C13H13BrFN3O/c1-2-3-16-12-7-13(18-8-17-12)19-11-5-9(14)4-10(15)6-11/h4-8H,2-3H2,1H3,(H,16,17,18). The summed E-state index contributed by atoms with van der Waals surface area (Å²) in [5.74, 6) is 1.06. The lowest BCUT2D eigenvalue weighted by Crippen LogP contribution is -2.02. The molecule has 100 valence electrons. The predicted octanol–water partition coefficient (Wildman–Crippen LogP) is 3.99. The van der Waals surface area contributed by atoms with Gasteiger partial charge in [0, 0.05) is 23.2 Å². The highest BCUT2D eigenvalue weighted by Crippen LogP contribution is 2.25. The van der Waals surface area contributed by atoms with Crippen molar-refractivity contribution in [2.75, 3.05) is 11.9 Å². The number of nitrogens with one attached hydrogen (secondary N) is 1. The van der Waals surface area contributed by atoms with Crippen molar-refractivity contribution in [1.82, 2.24) is 9.97 Å². The van der Waals surface area contributed by atoms with E-state index in [4.69, 9.17) is 4.74 Å². The molecule has 0 radical (unpaired) electrons. The molecule has 0 aliphatic rings. The van der Waals surface area contributed by atoms with E-state index in [-0.39, 0.29) is 5.82 Å². The van der Waals surface area contributed by atoms with Crippen LogP contribution in [0, 0.1) is 5.82 Å². The number of aromatic nitrogens is 2. The van der Waals surface area contributed by atoms with Crippen LogP contribution in [0.5, 0.6) is 11.6 Å². The van der Waals surface area contributed by atoms with Gasteiger partial charge in [-0.2, -0.15) is 0 Å².